The predicted octanol–water partition coefficient (Wildman–Crippen LogP) is 0.853. The molecule has 2 fully saturated rings. The van der Waals surface area contributed by atoms with E-state index < -0.39 is 18.5 Å². The average molecular weight is 336 g/mol. The fourth-order valence-corrected chi connectivity index (χ4v) is 2.97. The van der Waals surface area contributed by atoms with Crippen LogP contribution in [0.25, 0.3) is 0 Å². The van der Waals surface area contributed by atoms with E-state index >= 15 is 0 Å². The van der Waals surface area contributed by atoms with E-state index in [1.54, 1.807) is 0 Å². The molecule has 2 saturated heterocycles. The zero-order valence-electron chi connectivity index (χ0n) is 13.5. The van der Waals surface area contributed by atoms with Crippen LogP contribution in [0.3, 0.4) is 0 Å². The highest BCUT2D eigenvalue weighted by Gasteiger charge is 2.34. The molecule has 2 amide bonds. The molecule has 2 N–H and O–H groups in total. The number of anilines is 2. The molecule has 8 heteroatoms. The topological polar surface area (TPSA) is 73.9 Å². The SMILES string of the molecule is CC(=O)NC[C@H]1CN(c2ccccc2N2CCNC(F)C2)C(=O)O1. The van der Waals surface area contributed by atoms with Crippen molar-refractivity contribution in [3.8, 4) is 0 Å². The number of halogens is 1. The number of rotatable bonds is 4. The van der Waals surface area contributed by atoms with Crippen LogP contribution in [0.4, 0.5) is 20.6 Å². The van der Waals surface area contributed by atoms with Gasteiger partial charge in [-0.2, -0.15) is 0 Å². The maximum Gasteiger partial charge on any atom is 0.414 e. The van der Waals surface area contributed by atoms with Crippen molar-refractivity contribution in [3.05, 3.63) is 24.3 Å². The second-order valence-electron chi connectivity index (χ2n) is 5.91. The van der Waals surface area contributed by atoms with Gasteiger partial charge in [0.15, 0.2) is 6.30 Å². The summed E-state index contributed by atoms with van der Waals surface area (Å²) < 4.78 is 19.0. The fourth-order valence-electron chi connectivity index (χ4n) is 2.97. The summed E-state index contributed by atoms with van der Waals surface area (Å²) in [6.45, 7) is 3.48. The van der Waals surface area contributed by atoms with E-state index in [9.17, 15) is 14.0 Å². The summed E-state index contributed by atoms with van der Waals surface area (Å²) in [7, 11) is 0. The lowest BCUT2D eigenvalue weighted by atomic mass is 10.2. The van der Waals surface area contributed by atoms with Gasteiger partial charge in [-0.05, 0) is 12.1 Å². The Labute approximate surface area is 139 Å². The van der Waals surface area contributed by atoms with Crippen molar-refractivity contribution in [3.63, 3.8) is 0 Å². The van der Waals surface area contributed by atoms with Crippen molar-refractivity contribution < 1.29 is 18.7 Å². The molecule has 0 spiro atoms. The maximum atomic E-state index is 13.6. The number of ether oxygens (including phenoxy) is 1. The number of hydrogen-bond acceptors (Lipinski definition) is 5. The Hall–Kier alpha value is -2.35. The Balaban J connectivity index is 1.77. The quantitative estimate of drug-likeness (QED) is 0.798. The number of carbonyl (C=O) groups excluding carboxylic acids is 2. The summed E-state index contributed by atoms with van der Waals surface area (Å²) in [6.07, 6.45) is -1.94. The average Bonchev–Trinajstić information content (AvgIpc) is 2.94. The highest BCUT2D eigenvalue weighted by molar-refractivity contribution is 5.94. The van der Waals surface area contributed by atoms with Gasteiger partial charge < -0.3 is 15.0 Å². The molecule has 1 aromatic rings. The Kier molecular flexibility index (Phi) is 4.84. The van der Waals surface area contributed by atoms with Gasteiger partial charge in [0, 0.05) is 20.0 Å². The van der Waals surface area contributed by atoms with Gasteiger partial charge >= 0.3 is 6.09 Å². The molecule has 0 aliphatic carbocycles. The van der Waals surface area contributed by atoms with E-state index in [-0.39, 0.29) is 19.0 Å². The van der Waals surface area contributed by atoms with E-state index in [0.29, 0.717) is 25.3 Å². The highest BCUT2D eigenvalue weighted by Crippen LogP contribution is 2.32. The molecule has 0 radical (unpaired) electrons. The molecular formula is C16H21FN4O3. The molecule has 2 aliphatic heterocycles. The molecule has 0 aromatic heterocycles. The van der Waals surface area contributed by atoms with E-state index in [1.165, 1.54) is 11.8 Å². The zero-order valence-corrected chi connectivity index (χ0v) is 13.5. The van der Waals surface area contributed by atoms with Gasteiger partial charge in [0.25, 0.3) is 0 Å². The molecule has 2 aliphatic rings. The number of benzene rings is 1. The van der Waals surface area contributed by atoms with Gasteiger partial charge in [-0.3, -0.25) is 15.0 Å². The number of cyclic esters (lactones) is 1. The maximum absolute atomic E-state index is 13.6. The summed E-state index contributed by atoms with van der Waals surface area (Å²) in [4.78, 5) is 26.7. The van der Waals surface area contributed by atoms with Crippen molar-refractivity contribution in [1.29, 1.82) is 0 Å². The number of carbonyl (C=O) groups is 2. The van der Waals surface area contributed by atoms with Crippen LogP contribution in [0.1, 0.15) is 6.92 Å². The van der Waals surface area contributed by atoms with Gasteiger partial charge in [0.2, 0.25) is 5.91 Å². The first-order valence-electron chi connectivity index (χ1n) is 7.98. The summed E-state index contributed by atoms with van der Waals surface area (Å²) in [5.74, 6) is -0.167. The van der Waals surface area contributed by atoms with Gasteiger partial charge in [-0.1, -0.05) is 12.1 Å². The molecule has 1 unspecified atom stereocenters. The minimum Gasteiger partial charge on any atom is -0.442 e. The third kappa shape index (κ3) is 3.59. The number of nitrogens with one attached hydrogen (secondary N) is 2. The number of alkyl halides is 1. The predicted molar refractivity (Wildman–Crippen MR) is 87.9 cm³/mol. The zero-order chi connectivity index (χ0) is 17.1. The van der Waals surface area contributed by atoms with E-state index in [1.807, 2.05) is 29.2 Å². The molecule has 7 nitrogen and oxygen atoms in total. The third-order valence-corrected chi connectivity index (χ3v) is 4.09. The van der Waals surface area contributed by atoms with E-state index in [0.717, 1.165) is 5.69 Å². The lowest BCUT2D eigenvalue weighted by molar-refractivity contribution is -0.119. The second-order valence-corrected chi connectivity index (χ2v) is 5.91. The van der Waals surface area contributed by atoms with Crippen molar-refractivity contribution in [2.45, 2.75) is 19.3 Å². The number of amides is 2. The van der Waals surface area contributed by atoms with Gasteiger partial charge in [0.1, 0.15) is 6.10 Å². The summed E-state index contributed by atoms with van der Waals surface area (Å²) in [5.41, 5.74) is 1.50. The normalized spacial score (nSPS) is 24.0. The number of para-hydroxylation sites is 2. The fraction of sp³-hybridized carbons (Fsp3) is 0.500. The second kappa shape index (κ2) is 7.04. The van der Waals surface area contributed by atoms with Crippen LogP contribution in [0.2, 0.25) is 0 Å². The van der Waals surface area contributed by atoms with Crippen LogP contribution in [0.15, 0.2) is 24.3 Å². The lowest BCUT2D eigenvalue weighted by Gasteiger charge is -2.34. The van der Waals surface area contributed by atoms with Crippen LogP contribution >= 0.6 is 0 Å². The van der Waals surface area contributed by atoms with Crippen molar-refractivity contribution >= 4 is 23.4 Å². The largest absolute Gasteiger partial charge is 0.442 e. The monoisotopic (exact) mass is 336 g/mol. The molecule has 2 atom stereocenters. The first-order valence-corrected chi connectivity index (χ1v) is 7.98. The number of piperazine rings is 1. The number of hydrogen-bond donors (Lipinski definition) is 2. The van der Waals surface area contributed by atoms with Gasteiger partial charge in [0.05, 0.1) is 31.0 Å². The molecule has 24 heavy (non-hydrogen) atoms. The molecule has 2 heterocycles. The van der Waals surface area contributed by atoms with Crippen LogP contribution in [-0.2, 0) is 9.53 Å². The van der Waals surface area contributed by atoms with Crippen LogP contribution < -0.4 is 20.4 Å². The van der Waals surface area contributed by atoms with Gasteiger partial charge in [-0.15, -0.1) is 0 Å². The van der Waals surface area contributed by atoms with Gasteiger partial charge in [-0.25, -0.2) is 9.18 Å². The minimum atomic E-state index is -1.09. The van der Waals surface area contributed by atoms with Crippen molar-refractivity contribution in [1.82, 2.24) is 10.6 Å². The first kappa shape index (κ1) is 16.5. The Bertz CT molecular complexity index is 627. The molecule has 0 saturated carbocycles. The Morgan fingerprint density at radius 1 is 1.38 bits per heavy atom. The smallest absolute Gasteiger partial charge is 0.414 e. The standard InChI is InChI=1S/C16H21FN4O3/c1-11(22)19-8-12-9-21(16(23)24-12)14-5-3-2-4-13(14)20-7-6-18-15(17)10-20/h2-5,12,15,18H,6-10H2,1H3,(H,19,22)/t12-,15?/m0/s1. The third-order valence-electron chi connectivity index (χ3n) is 4.09. The minimum absolute atomic E-state index is 0.167. The molecule has 0 bridgehead atoms. The van der Waals surface area contributed by atoms with Crippen LogP contribution in [-0.4, -0.2) is 57.1 Å². The molecule has 1 aromatic carbocycles. The molecule has 3 rings (SSSR count). The lowest BCUT2D eigenvalue weighted by Crippen LogP contribution is -2.49. The Morgan fingerprint density at radius 2 is 2.12 bits per heavy atom. The summed E-state index contributed by atoms with van der Waals surface area (Å²) >= 11 is 0. The summed E-state index contributed by atoms with van der Waals surface area (Å²) in [6, 6.07) is 7.40. The van der Waals surface area contributed by atoms with Crippen LogP contribution in [0, 0.1) is 0 Å². The van der Waals surface area contributed by atoms with E-state index in [4.69, 9.17) is 4.74 Å². The first-order chi connectivity index (χ1) is 11.5. The van der Waals surface area contributed by atoms with E-state index in [2.05, 4.69) is 10.6 Å². The summed E-state index contributed by atoms with van der Waals surface area (Å²) in [5, 5.41) is 5.41. The van der Waals surface area contributed by atoms with Crippen molar-refractivity contribution in [2.24, 2.45) is 0 Å². The molecule has 130 valence electrons. The van der Waals surface area contributed by atoms with Crippen molar-refractivity contribution in [2.75, 3.05) is 42.5 Å². The number of nitrogens with zero attached hydrogens (tertiary/aromatic N) is 2. The van der Waals surface area contributed by atoms with Crippen LogP contribution in [0.5, 0.6) is 0 Å². The highest BCUT2D eigenvalue weighted by atomic mass is 19.1. The molecular weight excluding hydrogens is 315 g/mol. The Morgan fingerprint density at radius 3 is 2.83 bits per heavy atom.